The molecule has 140 valence electrons. The maximum atomic E-state index is 12.2. The van der Waals surface area contributed by atoms with Crippen LogP contribution in [0.15, 0.2) is 60.6 Å². The first kappa shape index (κ1) is 18.4. The second-order valence-corrected chi connectivity index (χ2v) is 5.73. The van der Waals surface area contributed by atoms with Crippen LogP contribution in [0, 0.1) is 0 Å². The highest BCUT2D eigenvalue weighted by atomic mass is 19.4. The summed E-state index contributed by atoms with van der Waals surface area (Å²) in [5, 5.41) is 3.10. The van der Waals surface area contributed by atoms with Gasteiger partial charge in [-0.15, -0.1) is 13.2 Å². The summed E-state index contributed by atoms with van der Waals surface area (Å²) in [5.41, 5.74) is 6.91. The first-order valence-electron chi connectivity index (χ1n) is 7.93. The van der Waals surface area contributed by atoms with Gasteiger partial charge in [-0.25, -0.2) is 9.97 Å². The number of allylic oxidation sites excluding steroid dienone is 1. The lowest BCUT2D eigenvalue weighted by Crippen LogP contribution is -2.20. The third kappa shape index (κ3) is 5.06. The Hall–Kier alpha value is -3.36. The molecule has 3 rings (SSSR count). The summed E-state index contributed by atoms with van der Waals surface area (Å²) < 4.78 is 40.5. The molecule has 1 heterocycles. The Morgan fingerprint density at radius 2 is 2.07 bits per heavy atom. The van der Waals surface area contributed by atoms with Gasteiger partial charge in [0.15, 0.2) is 0 Å². The Labute approximate surface area is 152 Å². The summed E-state index contributed by atoms with van der Waals surface area (Å²) >= 11 is 0. The third-order valence-corrected chi connectivity index (χ3v) is 3.74. The lowest BCUT2D eigenvalue weighted by atomic mass is 10.1. The Balaban J connectivity index is 1.70. The van der Waals surface area contributed by atoms with Crippen molar-refractivity contribution in [2.75, 3.05) is 5.32 Å². The molecule has 0 fully saturated rings. The fourth-order valence-electron chi connectivity index (χ4n) is 2.53. The average Bonchev–Trinajstić information content (AvgIpc) is 2.62. The number of hydrogen-bond acceptors (Lipinski definition) is 5. The van der Waals surface area contributed by atoms with E-state index in [0.717, 1.165) is 0 Å². The number of benzene rings is 1. The van der Waals surface area contributed by atoms with E-state index in [4.69, 9.17) is 5.73 Å². The lowest BCUT2D eigenvalue weighted by molar-refractivity contribution is -0.303. The summed E-state index contributed by atoms with van der Waals surface area (Å²) in [7, 11) is 0. The smallest absolute Gasteiger partial charge is 0.406 e. The number of nitrogens with one attached hydrogen (secondary N) is 1. The molecule has 9 heteroatoms. The van der Waals surface area contributed by atoms with Gasteiger partial charge in [0.2, 0.25) is 5.91 Å². The van der Waals surface area contributed by atoms with Crippen LogP contribution in [0.4, 0.5) is 19.0 Å². The van der Waals surface area contributed by atoms with Crippen molar-refractivity contribution in [2.24, 2.45) is 5.73 Å². The second-order valence-electron chi connectivity index (χ2n) is 5.73. The van der Waals surface area contributed by atoms with Crippen LogP contribution >= 0.6 is 0 Å². The predicted molar refractivity (Wildman–Crippen MR) is 92.4 cm³/mol. The van der Waals surface area contributed by atoms with E-state index in [1.165, 1.54) is 18.5 Å². The Morgan fingerprint density at radius 1 is 1.26 bits per heavy atom. The molecule has 3 N–H and O–H groups in total. The molecule has 1 aromatic carbocycles. The van der Waals surface area contributed by atoms with Crippen LogP contribution < -0.4 is 11.1 Å². The van der Waals surface area contributed by atoms with Crippen LogP contribution in [0.25, 0.3) is 11.3 Å². The average molecular weight is 376 g/mol. The third-order valence-electron chi connectivity index (χ3n) is 3.74. The molecular formula is C18H15F3N4O2. The van der Waals surface area contributed by atoms with Crippen LogP contribution in [0.3, 0.4) is 0 Å². The summed E-state index contributed by atoms with van der Waals surface area (Å²) in [4.78, 5) is 19.6. The van der Waals surface area contributed by atoms with Crippen molar-refractivity contribution in [2.45, 2.75) is 18.8 Å². The number of hydrogen-bond donors (Lipinski definition) is 2. The fraction of sp³-hybridized carbons (Fsp3) is 0.167. The Kier molecular flexibility index (Phi) is 5.11. The van der Waals surface area contributed by atoms with Crippen molar-refractivity contribution in [3.8, 4) is 11.3 Å². The number of halogens is 3. The van der Waals surface area contributed by atoms with Crippen molar-refractivity contribution in [3.05, 3.63) is 66.2 Å². The van der Waals surface area contributed by atoms with Gasteiger partial charge >= 0.3 is 6.36 Å². The topological polar surface area (TPSA) is 90.1 Å². The van der Waals surface area contributed by atoms with Gasteiger partial charge in [0.05, 0.1) is 5.69 Å². The number of primary amides is 1. The van der Waals surface area contributed by atoms with E-state index >= 15 is 0 Å². The van der Waals surface area contributed by atoms with Crippen molar-refractivity contribution in [3.63, 3.8) is 0 Å². The van der Waals surface area contributed by atoms with Gasteiger partial charge < -0.3 is 15.8 Å². The maximum Gasteiger partial charge on any atom is 0.573 e. The highest BCUT2D eigenvalue weighted by Gasteiger charge is 2.32. The first-order chi connectivity index (χ1) is 12.8. The van der Waals surface area contributed by atoms with Crippen molar-refractivity contribution < 1.29 is 22.7 Å². The highest BCUT2D eigenvalue weighted by Crippen LogP contribution is 2.25. The second kappa shape index (κ2) is 7.48. The molecule has 2 aromatic rings. The quantitative estimate of drug-likeness (QED) is 0.835. The van der Waals surface area contributed by atoms with E-state index < -0.39 is 12.3 Å². The van der Waals surface area contributed by atoms with Crippen LogP contribution in [-0.2, 0) is 4.74 Å². The Morgan fingerprint density at radius 3 is 2.74 bits per heavy atom. The number of carbonyl (C=O) groups is 1. The predicted octanol–water partition coefficient (Wildman–Crippen LogP) is 3.40. The van der Waals surface area contributed by atoms with Gasteiger partial charge in [-0.1, -0.05) is 18.2 Å². The minimum absolute atomic E-state index is 0.243. The molecular weight excluding hydrogens is 361 g/mol. The summed E-state index contributed by atoms with van der Waals surface area (Å²) in [6.07, 6.45) is 1.12. The van der Waals surface area contributed by atoms with Gasteiger partial charge in [0, 0.05) is 23.2 Å². The molecule has 0 radical (unpaired) electrons. The standard InChI is InChI=1S/C18H15F3N4O2/c19-18(20,21)27-14-6-4-13(5-7-14)25-16-9-15(23-10-24-16)11-2-1-3-12(8-11)17(22)26/h1-4,6-10,13H,5H2,(H2,22,26)(H,23,24,25). The van der Waals surface area contributed by atoms with Crippen LogP contribution in [-0.4, -0.2) is 28.3 Å². The lowest BCUT2D eigenvalue weighted by Gasteiger charge is -2.19. The monoisotopic (exact) mass is 376 g/mol. The number of ether oxygens (including phenoxy) is 1. The first-order valence-corrected chi connectivity index (χ1v) is 7.93. The molecule has 0 spiro atoms. The number of amides is 1. The molecule has 0 aliphatic heterocycles. The molecule has 1 aliphatic carbocycles. The van der Waals surface area contributed by atoms with Crippen molar-refractivity contribution >= 4 is 11.7 Å². The molecule has 6 nitrogen and oxygen atoms in total. The zero-order chi connectivity index (χ0) is 19.4. The van der Waals surface area contributed by atoms with Crippen LogP contribution in [0.5, 0.6) is 0 Å². The number of nitrogens with zero attached hydrogens (tertiary/aromatic N) is 2. The fourth-order valence-corrected chi connectivity index (χ4v) is 2.53. The number of carbonyl (C=O) groups excluding carboxylic acids is 1. The van der Waals surface area contributed by atoms with Crippen LogP contribution in [0.2, 0.25) is 0 Å². The van der Waals surface area contributed by atoms with E-state index in [-0.39, 0.29) is 11.8 Å². The summed E-state index contributed by atoms with van der Waals surface area (Å²) in [5.74, 6) is -0.292. The summed E-state index contributed by atoms with van der Waals surface area (Å²) in [6, 6.07) is 8.14. The zero-order valence-electron chi connectivity index (χ0n) is 13.9. The normalized spacial score (nSPS) is 16.6. The maximum absolute atomic E-state index is 12.2. The minimum Gasteiger partial charge on any atom is -0.406 e. The molecule has 1 unspecified atom stereocenters. The number of nitrogens with two attached hydrogens (primary N) is 1. The highest BCUT2D eigenvalue weighted by molar-refractivity contribution is 5.94. The van der Waals surface area contributed by atoms with Gasteiger partial charge in [-0.05, 0) is 30.7 Å². The molecule has 0 bridgehead atoms. The number of aromatic nitrogens is 2. The van der Waals surface area contributed by atoms with E-state index in [9.17, 15) is 18.0 Å². The van der Waals surface area contributed by atoms with E-state index in [1.807, 2.05) is 0 Å². The summed E-state index contributed by atoms with van der Waals surface area (Å²) in [6.45, 7) is 0. The molecule has 27 heavy (non-hydrogen) atoms. The zero-order valence-corrected chi connectivity index (χ0v) is 13.9. The molecule has 1 atom stereocenters. The molecule has 0 saturated carbocycles. The van der Waals surface area contributed by atoms with Crippen molar-refractivity contribution in [1.29, 1.82) is 0 Å². The van der Waals surface area contributed by atoms with E-state index in [2.05, 4.69) is 20.0 Å². The molecule has 1 amide bonds. The van der Waals surface area contributed by atoms with E-state index in [1.54, 1.807) is 36.4 Å². The van der Waals surface area contributed by atoms with Crippen molar-refractivity contribution in [1.82, 2.24) is 9.97 Å². The molecule has 0 saturated heterocycles. The van der Waals surface area contributed by atoms with Gasteiger partial charge in [0.25, 0.3) is 0 Å². The SMILES string of the molecule is NC(=O)c1cccc(-c2cc(NC3C=CC(OC(F)(F)F)=CC3)ncn2)c1. The Bertz CT molecular complexity index is 909. The largest absolute Gasteiger partial charge is 0.573 e. The van der Waals surface area contributed by atoms with E-state index in [0.29, 0.717) is 29.1 Å². The van der Waals surface area contributed by atoms with Gasteiger partial charge in [-0.2, -0.15) is 0 Å². The van der Waals surface area contributed by atoms with Gasteiger partial charge in [-0.3, -0.25) is 4.79 Å². The molecule has 1 aromatic heterocycles. The number of rotatable bonds is 5. The number of alkyl halides is 3. The molecule has 1 aliphatic rings. The number of anilines is 1. The minimum atomic E-state index is -4.71. The van der Waals surface area contributed by atoms with Gasteiger partial charge in [0.1, 0.15) is 17.9 Å². The van der Waals surface area contributed by atoms with Crippen LogP contribution in [0.1, 0.15) is 16.8 Å².